The number of carbonyl (C=O) groups excluding carboxylic acids is 4. The summed E-state index contributed by atoms with van der Waals surface area (Å²) in [5.41, 5.74) is 5.74. The lowest BCUT2D eigenvalue weighted by atomic mass is 9.99. The summed E-state index contributed by atoms with van der Waals surface area (Å²) >= 11 is 0. The molecule has 0 spiro atoms. The quantitative estimate of drug-likeness (QED) is 0.127. The lowest BCUT2D eigenvalue weighted by Crippen LogP contribution is -2.49. The van der Waals surface area contributed by atoms with Gasteiger partial charge in [-0.3, -0.25) is 9.59 Å². The van der Waals surface area contributed by atoms with Crippen LogP contribution in [0.25, 0.3) is 44.2 Å². The Hall–Kier alpha value is -5.92. The van der Waals surface area contributed by atoms with Crippen LogP contribution in [0.4, 0.5) is 9.59 Å². The van der Waals surface area contributed by atoms with Crippen molar-refractivity contribution in [2.75, 3.05) is 27.3 Å². The van der Waals surface area contributed by atoms with E-state index in [-0.39, 0.29) is 35.7 Å². The summed E-state index contributed by atoms with van der Waals surface area (Å²) in [5, 5.41) is 7.72. The number of aromatic nitrogens is 4. The van der Waals surface area contributed by atoms with E-state index in [4.69, 9.17) is 19.4 Å². The second-order valence-electron chi connectivity index (χ2n) is 15.6. The molecule has 4 heterocycles. The third-order valence-corrected chi connectivity index (χ3v) is 11.9. The van der Waals surface area contributed by atoms with Crippen molar-refractivity contribution in [3.63, 3.8) is 0 Å². The van der Waals surface area contributed by atoms with Crippen molar-refractivity contribution < 1.29 is 28.7 Å². The number of alkyl carbamates (subject to hydrolysis) is 2. The van der Waals surface area contributed by atoms with Crippen molar-refractivity contribution in [1.82, 2.24) is 40.4 Å². The predicted molar refractivity (Wildman–Crippen MR) is 208 cm³/mol. The summed E-state index contributed by atoms with van der Waals surface area (Å²) in [5.74, 6) is 1.64. The average Bonchev–Trinajstić information content (AvgIpc) is 3.97. The fraction of sp³-hybridized carbons (Fsp3) is 0.429. The molecule has 4 fully saturated rings. The molecule has 3 aromatic carbocycles. The number of H-pyrrole nitrogens is 2. The molecule has 0 radical (unpaired) electrons. The number of amides is 4. The third kappa shape index (κ3) is 6.92. The molecule has 4 N–H and O–H groups in total. The largest absolute Gasteiger partial charge is 0.453 e. The van der Waals surface area contributed by atoms with E-state index < -0.39 is 24.3 Å². The van der Waals surface area contributed by atoms with Crippen molar-refractivity contribution in [3.05, 3.63) is 72.4 Å². The van der Waals surface area contributed by atoms with Gasteiger partial charge in [0.1, 0.15) is 23.7 Å². The number of rotatable bonds is 10. The van der Waals surface area contributed by atoms with Crippen LogP contribution in [0.5, 0.6) is 0 Å². The highest BCUT2D eigenvalue weighted by Crippen LogP contribution is 2.40. The first kappa shape index (κ1) is 35.8. The van der Waals surface area contributed by atoms with Crippen LogP contribution in [-0.4, -0.2) is 93.1 Å². The van der Waals surface area contributed by atoms with Gasteiger partial charge < -0.3 is 39.9 Å². The molecule has 1 unspecified atom stereocenters. The second kappa shape index (κ2) is 14.6. The Bertz CT molecular complexity index is 2330. The molecule has 4 aliphatic rings. The zero-order valence-corrected chi connectivity index (χ0v) is 31.5. The maximum atomic E-state index is 13.7. The van der Waals surface area contributed by atoms with Gasteiger partial charge in [-0.25, -0.2) is 19.6 Å². The Morgan fingerprint density at radius 2 is 1.21 bits per heavy atom. The number of nitrogens with zero attached hydrogens (tertiary/aromatic N) is 4. The van der Waals surface area contributed by atoms with Crippen LogP contribution >= 0.6 is 0 Å². The zero-order chi connectivity index (χ0) is 38.5. The van der Waals surface area contributed by atoms with Gasteiger partial charge in [-0.15, -0.1) is 0 Å². The maximum Gasteiger partial charge on any atom is 0.407 e. The Labute approximate surface area is 323 Å². The maximum absolute atomic E-state index is 13.7. The van der Waals surface area contributed by atoms with E-state index >= 15 is 0 Å². The lowest BCUT2D eigenvalue weighted by Gasteiger charge is -2.28. The van der Waals surface area contributed by atoms with Crippen molar-refractivity contribution in [2.24, 2.45) is 11.8 Å². The summed E-state index contributed by atoms with van der Waals surface area (Å²) in [6.07, 6.45) is 7.66. The molecule has 5 aromatic rings. The van der Waals surface area contributed by atoms with Crippen LogP contribution in [0, 0.1) is 11.8 Å². The number of benzene rings is 3. The Balaban J connectivity index is 0.905. The molecule has 14 nitrogen and oxygen atoms in total. The standard InChI is InChI=1S/C42H46N8O6/c1-55-41(53)47-35(23-7-8-23)39(51)49-17-3-5-33(49)37-43-22-32(46-37)29-14-13-25-19-26(11-12-27(25)20-29)28-15-16-30-31(21-28)45-38(44-30)34-6-4-18-50(34)40(52)36(24-9-10-24)48-42(54)56-2/h11-16,19-24,33-36H,3-10,17-18H2,1-2H3,(H,43,46)(H,44,45)(H,47,53)(H,48,54)/t33?,34-,35-,36-/m0/s1. The van der Waals surface area contributed by atoms with Crippen molar-refractivity contribution >= 4 is 45.8 Å². The molecule has 2 saturated heterocycles. The van der Waals surface area contributed by atoms with E-state index in [0.717, 1.165) is 107 Å². The summed E-state index contributed by atoms with van der Waals surface area (Å²) in [4.78, 5) is 71.7. The van der Waals surface area contributed by atoms with Crippen molar-refractivity contribution in [3.8, 4) is 22.4 Å². The third-order valence-electron chi connectivity index (χ3n) is 11.9. The van der Waals surface area contributed by atoms with Crippen molar-refractivity contribution in [1.29, 1.82) is 0 Å². The summed E-state index contributed by atoms with van der Waals surface area (Å²) in [6.45, 7) is 1.24. The molecule has 2 aliphatic heterocycles. The number of carbonyl (C=O) groups is 4. The van der Waals surface area contributed by atoms with Gasteiger partial charge in [0.05, 0.1) is 49.2 Å². The Morgan fingerprint density at radius 3 is 1.80 bits per heavy atom. The van der Waals surface area contributed by atoms with Crippen LogP contribution < -0.4 is 10.6 Å². The predicted octanol–water partition coefficient (Wildman–Crippen LogP) is 6.37. The van der Waals surface area contributed by atoms with Gasteiger partial charge in [-0.2, -0.15) is 0 Å². The van der Waals surface area contributed by atoms with Crippen molar-refractivity contribution in [2.45, 2.75) is 75.5 Å². The normalized spacial score (nSPS) is 20.6. The van der Waals surface area contributed by atoms with E-state index in [1.54, 1.807) is 0 Å². The molecule has 2 aromatic heterocycles. The van der Waals surface area contributed by atoms with Crippen LogP contribution in [0.3, 0.4) is 0 Å². The monoisotopic (exact) mass is 758 g/mol. The number of hydrogen-bond acceptors (Lipinski definition) is 8. The molecule has 0 bridgehead atoms. The van der Waals surface area contributed by atoms with Crippen LogP contribution in [0.2, 0.25) is 0 Å². The summed E-state index contributed by atoms with van der Waals surface area (Å²) < 4.78 is 9.60. The Morgan fingerprint density at radius 1 is 0.679 bits per heavy atom. The average molecular weight is 759 g/mol. The minimum atomic E-state index is -0.583. The highest BCUT2D eigenvalue weighted by atomic mass is 16.5. The number of hydrogen-bond donors (Lipinski definition) is 4. The molecule has 4 amide bonds. The number of aromatic amines is 2. The molecule has 14 heteroatoms. The minimum Gasteiger partial charge on any atom is -0.453 e. The van der Waals surface area contributed by atoms with E-state index in [1.807, 2.05) is 22.1 Å². The van der Waals surface area contributed by atoms with E-state index in [0.29, 0.717) is 13.1 Å². The number of methoxy groups -OCH3 is 2. The SMILES string of the molecule is COC(=O)N[C@H](C(=O)N1CCCC1c1ncc(-c2ccc3cc(-c4ccc5nc([C@@H]6CCCN6C(=O)[C@@H](NC(=O)OC)C6CC6)[nH]c5c4)ccc3c2)[nH]1)C1CC1. The van der Waals surface area contributed by atoms with E-state index in [1.165, 1.54) is 14.2 Å². The molecule has 4 atom stereocenters. The zero-order valence-electron chi connectivity index (χ0n) is 31.5. The second-order valence-corrected chi connectivity index (χ2v) is 15.6. The molecule has 290 valence electrons. The summed E-state index contributed by atoms with van der Waals surface area (Å²) in [6, 6.07) is 17.4. The number of imidazole rings is 2. The molecular formula is C42H46N8O6. The smallest absolute Gasteiger partial charge is 0.407 e. The summed E-state index contributed by atoms with van der Waals surface area (Å²) in [7, 11) is 2.63. The highest BCUT2D eigenvalue weighted by Gasteiger charge is 2.44. The molecule has 56 heavy (non-hydrogen) atoms. The van der Waals surface area contributed by atoms with E-state index in [2.05, 4.69) is 69.1 Å². The molecule has 9 rings (SSSR count). The highest BCUT2D eigenvalue weighted by molar-refractivity contribution is 5.92. The minimum absolute atomic E-state index is 0.0746. The molecule has 2 aliphatic carbocycles. The van der Waals surface area contributed by atoms with Gasteiger partial charge in [0, 0.05) is 18.7 Å². The van der Waals surface area contributed by atoms with Gasteiger partial charge >= 0.3 is 12.2 Å². The van der Waals surface area contributed by atoms with Gasteiger partial charge in [-0.05, 0) is 109 Å². The van der Waals surface area contributed by atoms with E-state index in [9.17, 15) is 19.2 Å². The van der Waals surface area contributed by atoms with Gasteiger partial charge in [0.2, 0.25) is 11.8 Å². The topological polar surface area (TPSA) is 175 Å². The van der Waals surface area contributed by atoms with Gasteiger partial charge in [0.25, 0.3) is 0 Å². The van der Waals surface area contributed by atoms with Gasteiger partial charge in [-0.1, -0.05) is 30.3 Å². The van der Waals surface area contributed by atoms with Gasteiger partial charge in [0.15, 0.2) is 0 Å². The first-order chi connectivity index (χ1) is 27.3. The van der Waals surface area contributed by atoms with Crippen LogP contribution in [0.1, 0.15) is 75.1 Å². The van der Waals surface area contributed by atoms with Crippen LogP contribution in [-0.2, 0) is 19.1 Å². The van der Waals surface area contributed by atoms with Crippen LogP contribution in [0.15, 0.2) is 60.8 Å². The Kier molecular flexibility index (Phi) is 9.34. The number of nitrogens with one attached hydrogen (secondary N) is 4. The number of ether oxygens (including phenoxy) is 2. The lowest BCUT2D eigenvalue weighted by molar-refractivity contribution is -0.135. The number of likely N-dealkylation sites (tertiary alicyclic amines) is 2. The number of fused-ring (bicyclic) bond motifs is 2. The fourth-order valence-electron chi connectivity index (χ4n) is 8.59. The molecule has 2 saturated carbocycles. The first-order valence-electron chi connectivity index (χ1n) is 19.7. The molecular weight excluding hydrogens is 713 g/mol. The first-order valence-corrected chi connectivity index (χ1v) is 19.7. The fourth-order valence-corrected chi connectivity index (χ4v) is 8.59.